The van der Waals surface area contributed by atoms with Gasteiger partial charge in [0.25, 0.3) is 0 Å². The zero-order valence-electron chi connectivity index (χ0n) is 11.8. The highest BCUT2D eigenvalue weighted by Gasteiger charge is 2.32. The lowest BCUT2D eigenvalue weighted by Crippen LogP contribution is -2.50. The van der Waals surface area contributed by atoms with Crippen molar-refractivity contribution in [2.75, 3.05) is 13.2 Å². The van der Waals surface area contributed by atoms with Crippen molar-refractivity contribution in [3.05, 3.63) is 35.4 Å². The third-order valence-electron chi connectivity index (χ3n) is 3.46. The average Bonchev–Trinajstić information content (AvgIpc) is 2.42. The Kier molecular flexibility index (Phi) is 4.80. The Hall–Kier alpha value is -0.950. The van der Waals surface area contributed by atoms with Crippen LogP contribution in [0.1, 0.15) is 25.0 Å². The fraction of sp³-hybridized carbons (Fsp3) is 0.571. The van der Waals surface area contributed by atoms with E-state index in [1.807, 2.05) is 13.8 Å². The first-order valence-electron chi connectivity index (χ1n) is 6.72. The Labute approximate surface area is 120 Å². The van der Waals surface area contributed by atoms with Gasteiger partial charge in [-0.1, -0.05) is 24.3 Å². The van der Waals surface area contributed by atoms with E-state index in [9.17, 15) is 8.42 Å². The highest BCUT2D eigenvalue weighted by molar-refractivity contribution is 7.88. The fourth-order valence-corrected chi connectivity index (χ4v) is 4.12. The zero-order valence-corrected chi connectivity index (χ0v) is 12.6. The Morgan fingerprint density at radius 3 is 2.45 bits per heavy atom. The molecule has 1 saturated heterocycles. The van der Waals surface area contributed by atoms with Crippen LogP contribution in [0.2, 0.25) is 0 Å². The van der Waals surface area contributed by atoms with Crippen molar-refractivity contribution in [2.45, 2.75) is 38.4 Å². The van der Waals surface area contributed by atoms with E-state index < -0.39 is 10.0 Å². The molecule has 0 aromatic heterocycles. The number of hydrogen-bond acceptors (Lipinski definition) is 4. The minimum atomic E-state index is -3.35. The van der Waals surface area contributed by atoms with Crippen LogP contribution < -0.4 is 0 Å². The normalized spacial score (nSPS) is 24.8. The summed E-state index contributed by atoms with van der Waals surface area (Å²) in [5.74, 6) is -0.0181. The highest BCUT2D eigenvalue weighted by Crippen LogP contribution is 2.19. The van der Waals surface area contributed by atoms with Crippen molar-refractivity contribution in [3.63, 3.8) is 0 Å². The molecule has 2 rings (SSSR count). The SMILES string of the molecule is CC1CN(S(=O)(=O)Cc2ccc(CO)cc2)C(C)CO1. The maximum absolute atomic E-state index is 12.5. The number of benzene rings is 1. The second kappa shape index (κ2) is 6.22. The summed E-state index contributed by atoms with van der Waals surface area (Å²) < 4.78 is 32.0. The Balaban J connectivity index is 2.13. The molecule has 0 radical (unpaired) electrons. The number of aliphatic hydroxyl groups is 1. The van der Waals surface area contributed by atoms with Gasteiger partial charge < -0.3 is 9.84 Å². The van der Waals surface area contributed by atoms with E-state index in [1.165, 1.54) is 4.31 Å². The van der Waals surface area contributed by atoms with Gasteiger partial charge in [0, 0.05) is 12.6 Å². The van der Waals surface area contributed by atoms with Crippen molar-refractivity contribution in [1.29, 1.82) is 0 Å². The molecule has 1 aromatic rings. The first-order chi connectivity index (χ1) is 9.42. The van der Waals surface area contributed by atoms with Crippen LogP contribution in [0.15, 0.2) is 24.3 Å². The van der Waals surface area contributed by atoms with Crippen LogP contribution >= 0.6 is 0 Å². The minimum Gasteiger partial charge on any atom is -0.392 e. The van der Waals surface area contributed by atoms with E-state index in [0.29, 0.717) is 13.2 Å². The van der Waals surface area contributed by atoms with Crippen LogP contribution in [-0.4, -0.2) is 43.1 Å². The van der Waals surface area contributed by atoms with Crippen LogP contribution in [0.5, 0.6) is 0 Å². The van der Waals surface area contributed by atoms with E-state index in [-0.39, 0.29) is 24.5 Å². The number of morpholine rings is 1. The van der Waals surface area contributed by atoms with Crippen LogP contribution in [0.4, 0.5) is 0 Å². The summed E-state index contributed by atoms with van der Waals surface area (Å²) in [5, 5.41) is 8.99. The summed E-state index contributed by atoms with van der Waals surface area (Å²) in [4.78, 5) is 0. The summed E-state index contributed by atoms with van der Waals surface area (Å²) >= 11 is 0. The maximum Gasteiger partial charge on any atom is 0.218 e. The zero-order chi connectivity index (χ0) is 14.8. The summed E-state index contributed by atoms with van der Waals surface area (Å²) in [5.41, 5.74) is 1.51. The number of nitrogens with zero attached hydrogens (tertiary/aromatic N) is 1. The van der Waals surface area contributed by atoms with Gasteiger partial charge in [-0.05, 0) is 25.0 Å². The molecular weight excluding hydrogens is 278 g/mol. The van der Waals surface area contributed by atoms with Crippen molar-refractivity contribution in [1.82, 2.24) is 4.31 Å². The molecule has 1 fully saturated rings. The van der Waals surface area contributed by atoms with Gasteiger partial charge in [0.05, 0.1) is 25.1 Å². The van der Waals surface area contributed by atoms with Gasteiger partial charge in [-0.25, -0.2) is 8.42 Å². The molecule has 5 nitrogen and oxygen atoms in total. The van der Waals surface area contributed by atoms with Gasteiger partial charge >= 0.3 is 0 Å². The first-order valence-corrected chi connectivity index (χ1v) is 8.33. The van der Waals surface area contributed by atoms with Crippen molar-refractivity contribution in [2.24, 2.45) is 0 Å². The third kappa shape index (κ3) is 3.58. The molecule has 112 valence electrons. The predicted octanol–water partition coefficient (Wildman–Crippen LogP) is 1.12. The van der Waals surface area contributed by atoms with Gasteiger partial charge in [0.15, 0.2) is 0 Å². The highest BCUT2D eigenvalue weighted by atomic mass is 32.2. The predicted molar refractivity (Wildman–Crippen MR) is 76.6 cm³/mol. The molecule has 20 heavy (non-hydrogen) atoms. The molecule has 0 aliphatic carbocycles. The van der Waals surface area contributed by atoms with Crippen molar-refractivity contribution < 1.29 is 18.3 Å². The number of aliphatic hydroxyl groups excluding tert-OH is 1. The first kappa shape index (κ1) is 15.4. The van der Waals surface area contributed by atoms with Crippen LogP contribution in [-0.2, 0) is 27.1 Å². The van der Waals surface area contributed by atoms with Gasteiger partial charge in [-0.15, -0.1) is 0 Å². The van der Waals surface area contributed by atoms with Crippen LogP contribution in [0, 0.1) is 0 Å². The van der Waals surface area contributed by atoms with Crippen molar-refractivity contribution in [3.8, 4) is 0 Å². The molecular formula is C14H21NO4S. The average molecular weight is 299 g/mol. The minimum absolute atomic E-state index is 0.0181. The number of rotatable bonds is 4. The number of sulfonamides is 1. The molecule has 0 amide bonds. The monoisotopic (exact) mass is 299 g/mol. The maximum atomic E-state index is 12.5. The lowest BCUT2D eigenvalue weighted by molar-refractivity contribution is -0.0171. The van der Waals surface area contributed by atoms with E-state index in [2.05, 4.69) is 0 Å². The largest absolute Gasteiger partial charge is 0.392 e. The second-order valence-corrected chi connectivity index (χ2v) is 7.22. The summed E-state index contributed by atoms with van der Waals surface area (Å²) in [6.45, 7) is 4.54. The number of ether oxygens (including phenoxy) is 1. The van der Waals surface area contributed by atoms with Gasteiger partial charge in [-0.3, -0.25) is 0 Å². The van der Waals surface area contributed by atoms with Crippen LogP contribution in [0.25, 0.3) is 0 Å². The smallest absolute Gasteiger partial charge is 0.218 e. The molecule has 2 unspecified atom stereocenters. The molecule has 0 saturated carbocycles. The van der Waals surface area contributed by atoms with Crippen LogP contribution in [0.3, 0.4) is 0 Å². The van der Waals surface area contributed by atoms with E-state index in [0.717, 1.165) is 11.1 Å². The molecule has 1 aliphatic rings. The van der Waals surface area contributed by atoms with Gasteiger partial charge in [0.1, 0.15) is 0 Å². The molecule has 0 bridgehead atoms. The Morgan fingerprint density at radius 1 is 1.25 bits per heavy atom. The second-order valence-electron chi connectivity index (χ2n) is 5.29. The van der Waals surface area contributed by atoms with E-state index in [4.69, 9.17) is 9.84 Å². The molecule has 1 aromatic carbocycles. The molecule has 6 heteroatoms. The summed E-state index contributed by atoms with van der Waals surface area (Å²) in [7, 11) is -3.35. The molecule has 1 aliphatic heterocycles. The number of hydrogen-bond donors (Lipinski definition) is 1. The lowest BCUT2D eigenvalue weighted by Gasteiger charge is -2.35. The van der Waals surface area contributed by atoms with E-state index >= 15 is 0 Å². The molecule has 1 N–H and O–H groups in total. The quantitative estimate of drug-likeness (QED) is 0.904. The lowest BCUT2D eigenvalue weighted by atomic mass is 10.2. The summed E-state index contributed by atoms with van der Waals surface area (Å²) in [6.07, 6.45) is -0.0715. The van der Waals surface area contributed by atoms with Gasteiger partial charge in [0.2, 0.25) is 10.0 Å². The third-order valence-corrected chi connectivity index (χ3v) is 5.38. The molecule has 1 heterocycles. The Bertz CT molecular complexity index is 541. The Morgan fingerprint density at radius 2 is 1.85 bits per heavy atom. The van der Waals surface area contributed by atoms with Gasteiger partial charge in [-0.2, -0.15) is 4.31 Å². The summed E-state index contributed by atoms with van der Waals surface area (Å²) in [6, 6.07) is 6.86. The molecule has 0 spiro atoms. The fourth-order valence-electron chi connectivity index (χ4n) is 2.29. The molecule has 2 atom stereocenters. The van der Waals surface area contributed by atoms with Crippen molar-refractivity contribution >= 4 is 10.0 Å². The van der Waals surface area contributed by atoms with E-state index in [1.54, 1.807) is 24.3 Å². The topological polar surface area (TPSA) is 66.8 Å². The standard InChI is InChI=1S/C14H21NO4S/c1-11-9-19-12(2)7-15(11)20(17,18)10-14-5-3-13(8-16)4-6-14/h3-6,11-12,16H,7-10H2,1-2H3.